The number of fused-ring (bicyclic) bond motifs is 1. The van der Waals surface area contributed by atoms with E-state index in [1.165, 1.54) is 18.2 Å². The molecule has 1 heterocycles. The summed E-state index contributed by atoms with van der Waals surface area (Å²) in [5.74, 6) is -1.88. The van der Waals surface area contributed by atoms with Gasteiger partial charge in [-0.05, 0) is 24.3 Å². The number of nitriles is 1. The Morgan fingerprint density at radius 3 is 2.74 bits per heavy atom. The maximum Gasteiger partial charge on any atom is 0.335 e. The number of carboxylic acids is 1. The van der Waals surface area contributed by atoms with Crippen molar-refractivity contribution in [1.82, 2.24) is 4.98 Å². The number of carboxylic acid groups (broad SMARTS) is 1. The van der Waals surface area contributed by atoms with E-state index in [4.69, 9.17) is 16.1 Å². The average Bonchev–Trinajstić information content (AvgIpc) is 2.77. The van der Waals surface area contributed by atoms with E-state index in [0.717, 1.165) is 0 Å². The molecule has 94 valence electrons. The van der Waals surface area contributed by atoms with Crippen molar-refractivity contribution >= 4 is 28.9 Å². The van der Waals surface area contributed by atoms with Gasteiger partial charge in [0, 0.05) is 22.7 Å². The lowest BCUT2D eigenvalue weighted by Crippen LogP contribution is -2.12. The van der Waals surface area contributed by atoms with Crippen LogP contribution >= 0.6 is 0 Å². The van der Waals surface area contributed by atoms with E-state index < -0.39 is 11.9 Å². The van der Waals surface area contributed by atoms with Crippen LogP contribution in [0.5, 0.6) is 0 Å². The van der Waals surface area contributed by atoms with Crippen LogP contribution in [-0.2, 0) is 4.79 Å². The molecule has 1 aromatic carbocycles. The van der Waals surface area contributed by atoms with Crippen LogP contribution in [0.3, 0.4) is 0 Å². The number of aromatic carboxylic acids is 1. The fourth-order valence-electron chi connectivity index (χ4n) is 1.71. The number of carbonyl (C=O) groups excluding carboxylic acids is 1. The zero-order valence-electron chi connectivity index (χ0n) is 9.68. The molecule has 0 bridgehead atoms. The van der Waals surface area contributed by atoms with E-state index in [2.05, 4.69) is 4.98 Å². The summed E-state index contributed by atoms with van der Waals surface area (Å²) >= 11 is 0. The third-order valence-corrected chi connectivity index (χ3v) is 2.65. The predicted molar refractivity (Wildman–Crippen MR) is 68.0 cm³/mol. The molecule has 0 aliphatic carbocycles. The first-order valence-corrected chi connectivity index (χ1v) is 5.29. The fourth-order valence-corrected chi connectivity index (χ4v) is 1.71. The Labute approximate surface area is 107 Å². The van der Waals surface area contributed by atoms with Gasteiger partial charge in [-0.1, -0.05) is 0 Å². The minimum atomic E-state index is -1.05. The van der Waals surface area contributed by atoms with Gasteiger partial charge in [0.1, 0.15) is 11.6 Å². The summed E-state index contributed by atoms with van der Waals surface area (Å²) in [6.45, 7) is 0. The number of nitrogens with two attached hydrogens (primary N) is 1. The Morgan fingerprint density at radius 1 is 1.42 bits per heavy atom. The van der Waals surface area contributed by atoms with Crippen molar-refractivity contribution in [3.05, 3.63) is 41.1 Å². The number of H-pyrrole nitrogens is 1. The van der Waals surface area contributed by atoms with Gasteiger partial charge in [-0.15, -0.1) is 0 Å². The summed E-state index contributed by atoms with van der Waals surface area (Å²) in [5, 5.41) is 18.3. The summed E-state index contributed by atoms with van der Waals surface area (Å²) in [6, 6.07) is 6.25. The molecule has 2 rings (SSSR count). The number of aromatic nitrogens is 1. The highest BCUT2D eigenvalue weighted by molar-refractivity contribution is 6.04. The Morgan fingerprint density at radius 2 is 2.16 bits per heavy atom. The van der Waals surface area contributed by atoms with Gasteiger partial charge in [0.05, 0.1) is 5.56 Å². The number of primary amides is 1. The van der Waals surface area contributed by atoms with Crippen LogP contribution in [0.2, 0.25) is 0 Å². The van der Waals surface area contributed by atoms with Crippen molar-refractivity contribution in [2.45, 2.75) is 0 Å². The van der Waals surface area contributed by atoms with Gasteiger partial charge in [-0.3, -0.25) is 4.79 Å². The number of hydrogen-bond donors (Lipinski definition) is 3. The molecule has 0 fully saturated rings. The minimum Gasteiger partial charge on any atom is -0.478 e. The van der Waals surface area contributed by atoms with E-state index in [0.29, 0.717) is 16.5 Å². The van der Waals surface area contributed by atoms with Crippen molar-refractivity contribution in [2.75, 3.05) is 0 Å². The SMILES string of the molecule is N#C/C(=C\c1c[nH]c2ccc(C(=O)O)cc12)C(N)=O. The molecule has 0 saturated carbocycles. The van der Waals surface area contributed by atoms with Crippen molar-refractivity contribution in [1.29, 1.82) is 5.26 Å². The minimum absolute atomic E-state index is 0.124. The lowest BCUT2D eigenvalue weighted by atomic mass is 10.1. The molecule has 0 atom stereocenters. The van der Waals surface area contributed by atoms with Gasteiger partial charge < -0.3 is 15.8 Å². The van der Waals surface area contributed by atoms with E-state index in [9.17, 15) is 9.59 Å². The fraction of sp³-hybridized carbons (Fsp3) is 0. The third-order valence-electron chi connectivity index (χ3n) is 2.65. The summed E-state index contributed by atoms with van der Waals surface area (Å²) < 4.78 is 0. The molecule has 4 N–H and O–H groups in total. The molecule has 6 heteroatoms. The van der Waals surface area contributed by atoms with Gasteiger partial charge in [0.15, 0.2) is 0 Å². The first kappa shape index (κ1) is 12.4. The predicted octanol–water partition coefficient (Wildman–Crippen LogP) is 1.26. The Balaban J connectivity index is 2.62. The largest absolute Gasteiger partial charge is 0.478 e. The van der Waals surface area contributed by atoms with Crippen LogP contribution in [-0.4, -0.2) is 22.0 Å². The van der Waals surface area contributed by atoms with Crippen LogP contribution in [0.25, 0.3) is 17.0 Å². The smallest absolute Gasteiger partial charge is 0.335 e. The van der Waals surface area contributed by atoms with Crippen molar-refractivity contribution in [3.63, 3.8) is 0 Å². The number of nitrogens with zero attached hydrogens (tertiary/aromatic N) is 1. The first-order valence-electron chi connectivity index (χ1n) is 5.29. The van der Waals surface area contributed by atoms with E-state index >= 15 is 0 Å². The summed E-state index contributed by atoms with van der Waals surface area (Å²) in [5.41, 5.74) is 6.23. The van der Waals surface area contributed by atoms with Crippen LogP contribution in [0.15, 0.2) is 30.0 Å². The third kappa shape index (κ3) is 2.30. The molecular formula is C13H9N3O3. The maximum absolute atomic E-state index is 11.0. The number of nitrogens with one attached hydrogen (secondary N) is 1. The number of benzene rings is 1. The first-order chi connectivity index (χ1) is 9.02. The standard InChI is InChI=1S/C13H9N3O3/c14-5-8(12(15)17)3-9-6-16-11-2-1-7(13(18)19)4-10(9)11/h1-4,6,16H,(H2,15,17)(H,18,19)/b8-3+. The van der Waals surface area contributed by atoms with E-state index in [-0.39, 0.29) is 11.1 Å². The molecule has 0 saturated heterocycles. The quantitative estimate of drug-likeness (QED) is 0.564. The van der Waals surface area contributed by atoms with Crippen LogP contribution < -0.4 is 5.73 Å². The number of hydrogen-bond acceptors (Lipinski definition) is 3. The van der Waals surface area contributed by atoms with E-state index in [1.54, 1.807) is 18.3 Å². The second-order valence-electron chi connectivity index (χ2n) is 3.84. The molecule has 6 nitrogen and oxygen atoms in total. The van der Waals surface area contributed by atoms with Gasteiger partial charge in [0.2, 0.25) is 0 Å². The second kappa shape index (κ2) is 4.66. The van der Waals surface area contributed by atoms with Gasteiger partial charge >= 0.3 is 5.97 Å². The normalized spacial score (nSPS) is 11.2. The Hall–Kier alpha value is -3.07. The molecule has 19 heavy (non-hydrogen) atoms. The van der Waals surface area contributed by atoms with Gasteiger partial charge in [-0.25, -0.2) is 4.79 Å². The monoisotopic (exact) mass is 255 g/mol. The molecule has 0 spiro atoms. The van der Waals surface area contributed by atoms with Crippen LogP contribution in [0.1, 0.15) is 15.9 Å². The lowest BCUT2D eigenvalue weighted by molar-refractivity contribution is -0.114. The average molecular weight is 255 g/mol. The number of rotatable bonds is 3. The van der Waals surface area contributed by atoms with Gasteiger partial charge in [-0.2, -0.15) is 5.26 Å². The molecule has 0 radical (unpaired) electrons. The van der Waals surface area contributed by atoms with Crippen molar-refractivity contribution in [3.8, 4) is 6.07 Å². The zero-order valence-corrected chi connectivity index (χ0v) is 9.68. The molecule has 1 aromatic heterocycles. The highest BCUT2D eigenvalue weighted by Gasteiger charge is 2.09. The van der Waals surface area contributed by atoms with Gasteiger partial charge in [0.25, 0.3) is 5.91 Å². The Bertz CT molecular complexity index is 750. The molecule has 0 aliphatic heterocycles. The molecule has 0 unspecified atom stereocenters. The number of amides is 1. The number of aromatic amines is 1. The lowest BCUT2D eigenvalue weighted by Gasteiger charge is -1.97. The van der Waals surface area contributed by atoms with Crippen molar-refractivity contribution in [2.24, 2.45) is 5.73 Å². The second-order valence-corrected chi connectivity index (χ2v) is 3.84. The summed E-state index contributed by atoms with van der Waals surface area (Å²) in [6.07, 6.45) is 2.91. The van der Waals surface area contributed by atoms with E-state index in [1.807, 2.05) is 0 Å². The van der Waals surface area contributed by atoms with Crippen molar-refractivity contribution < 1.29 is 14.7 Å². The maximum atomic E-state index is 11.0. The van der Waals surface area contributed by atoms with Crippen LogP contribution in [0, 0.1) is 11.3 Å². The Kier molecular flexibility index (Phi) is 3.04. The zero-order chi connectivity index (χ0) is 14.0. The topological polar surface area (TPSA) is 120 Å². The number of carbonyl (C=O) groups is 2. The molecule has 0 aliphatic rings. The summed E-state index contributed by atoms with van der Waals surface area (Å²) in [7, 11) is 0. The van der Waals surface area contributed by atoms with Crippen LogP contribution in [0.4, 0.5) is 0 Å². The highest BCUT2D eigenvalue weighted by atomic mass is 16.4. The molecule has 1 amide bonds. The highest BCUT2D eigenvalue weighted by Crippen LogP contribution is 2.22. The summed E-state index contributed by atoms with van der Waals surface area (Å²) in [4.78, 5) is 24.8. The molecule has 2 aromatic rings. The molecular weight excluding hydrogens is 246 g/mol.